The van der Waals surface area contributed by atoms with Crippen LogP contribution in [-0.2, 0) is 4.79 Å². The summed E-state index contributed by atoms with van der Waals surface area (Å²) in [6.07, 6.45) is 2.07. The van der Waals surface area contributed by atoms with Gasteiger partial charge in [-0.15, -0.1) is 11.3 Å². The van der Waals surface area contributed by atoms with Crippen LogP contribution in [0.25, 0.3) is 10.2 Å². The van der Waals surface area contributed by atoms with Crippen LogP contribution in [0.5, 0.6) is 11.5 Å². The average molecular weight is 438 g/mol. The third kappa shape index (κ3) is 4.52. The van der Waals surface area contributed by atoms with Crippen LogP contribution in [0.15, 0.2) is 48.5 Å². The quantitative estimate of drug-likeness (QED) is 0.608. The molecule has 2 aliphatic heterocycles. The number of thiazole rings is 1. The number of likely N-dealkylation sites (tertiary alicyclic amines) is 1. The van der Waals surface area contributed by atoms with Crippen molar-refractivity contribution in [3.05, 3.63) is 53.5 Å². The van der Waals surface area contributed by atoms with Gasteiger partial charge in [0.05, 0.1) is 28.3 Å². The van der Waals surface area contributed by atoms with Crippen LogP contribution >= 0.6 is 11.3 Å². The van der Waals surface area contributed by atoms with Gasteiger partial charge in [0, 0.05) is 19.5 Å². The van der Waals surface area contributed by atoms with Gasteiger partial charge < -0.3 is 14.4 Å². The molecule has 0 spiro atoms. The molecule has 0 unspecified atom stereocenters. The maximum absolute atomic E-state index is 12.9. The zero-order valence-corrected chi connectivity index (χ0v) is 18.5. The summed E-state index contributed by atoms with van der Waals surface area (Å²) in [5, 5.41) is 1.19. The number of rotatable bonds is 5. The first-order chi connectivity index (χ1) is 15.2. The van der Waals surface area contributed by atoms with Gasteiger partial charge in [-0.3, -0.25) is 9.69 Å². The van der Waals surface area contributed by atoms with Crippen LogP contribution in [0.1, 0.15) is 23.8 Å². The van der Waals surface area contributed by atoms with Gasteiger partial charge in [0.1, 0.15) is 6.61 Å². The van der Waals surface area contributed by atoms with Crippen molar-refractivity contribution < 1.29 is 14.3 Å². The van der Waals surface area contributed by atoms with E-state index >= 15 is 0 Å². The number of likely N-dealkylation sites (N-methyl/N-ethyl adjacent to an activating group) is 1. The van der Waals surface area contributed by atoms with Gasteiger partial charge in [0.2, 0.25) is 5.91 Å². The molecule has 0 aliphatic carbocycles. The smallest absolute Gasteiger partial charge is 0.236 e. The molecular weight excluding hydrogens is 410 g/mol. The Morgan fingerprint density at radius 2 is 2.00 bits per heavy atom. The molecule has 1 aromatic heterocycles. The number of benzene rings is 2. The Balaban J connectivity index is 1.16. The summed E-state index contributed by atoms with van der Waals surface area (Å²) in [5.74, 6) is 2.03. The highest BCUT2D eigenvalue weighted by Gasteiger charge is 2.28. The minimum atomic E-state index is -0.152. The lowest BCUT2D eigenvalue weighted by Gasteiger charge is -2.33. The maximum atomic E-state index is 12.9. The molecule has 1 saturated heterocycles. The second kappa shape index (κ2) is 8.85. The molecule has 7 heteroatoms. The summed E-state index contributed by atoms with van der Waals surface area (Å²) < 4.78 is 13.0. The number of fused-ring (bicyclic) bond motifs is 2. The fourth-order valence-corrected chi connectivity index (χ4v) is 5.43. The number of hydrogen-bond acceptors (Lipinski definition) is 6. The summed E-state index contributed by atoms with van der Waals surface area (Å²) in [6, 6.07) is 16.0. The second-order valence-corrected chi connectivity index (χ2v) is 9.43. The number of carbonyl (C=O) groups is 1. The Hall–Kier alpha value is -2.64. The normalized spacial score (nSPS) is 21.2. The molecule has 162 valence electrons. The third-order valence-corrected chi connectivity index (χ3v) is 7.19. The summed E-state index contributed by atoms with van der Waals surface area (Å²) in [4.78, 5) is 21.8. The van der Waals surface area contributed by atoms with Crippen molar-refractivity contribution in [2.24, 2.45) is 0 Å². The number of hydrogen-bond donors (Lipinski definition) is 0. The first-order valence-electron chi connectivity index (χ1n) is 10.9. The molecule has 0 saturated carbocycles. The minimum absolute atomic E-state index is 0.118. The van der Waals surface area contributed by atoms with Gasteiger partial charge in [0.25, 0.3) is 0 Å². The second-order valence-electron chi connectivity index (χ2n) is 8.37. The zero-order chi connectivity index (χ0) is 21.2. The highest BCUT2D eigenvalue weighted by Crippen LogP contribution is 2.33. The molecule has 1 fully saturated rings. The summed E-state index contributed by atoms with van der Waals surface area (Å²) in [7, 11) is 1.85. The van der Waals surface area contributed by atoms with Crippen LogP contribution in [0.3, 0.4) is 0 Å². The van der Waals surface area contributed by atoms with Gasteiger partial charge in [-0.2, -0.15) is 0 Å². The van der Waals surface area contributed by atoms with Crippen molar-refractivity contribution in [1.82, 2.24) is 14.8 Å². The molecule has 2 aromatic carbocycles. The van der Waals surface area contributed by atoms with Crippen LogP contribution in [0, 0.1) is 0 Å². The van der Waals surface area contributed by atoms with Crippen molar-refractivity contribution >= 4 is 27.5 Å². The standard InChI is InChI=1S/C24H27N3O3S/c1-26(14-18-16-29-20-9-3-4-10-21(20)30-18)23(28)15-27-12-6-7-17(13-27)24-25-19-8-2-5-11-22(19)31-24/h2-5,8-11,17-18H,6-7,12-16H2,1H3/t17-,18+/m1/s1. The van der Waals surface area contributed by atoms with E-state index in [0.717, 1.165) is 42.9 Å². The monoisotopic (exact) mass is 437 g/mol. The lowest BCUT2D eigenvalue weighted by molar-refractivity contribution is -0.132. The number of nitrogens with zero attached hydrogens (tertiary/aromatic N) is 3. The summed E-state index contributed by atoms with van der Waals surface area (Å²) in [5.41, 5.74) is 1.08. The number of aromatic nitrogens is 1. The minimum Gasteiger partial charge on any atom is -0.486 e. The number of amides is 1. The number of piperidine rings is 1. The first kappa shape index (κ1) is 20.3. The van der Waals surface area contributed by atoms with E-state index in [2.05, 4.69) is 23.1 Å². The topological polar surface area (TPSA) is 54.9 Å². The molecule has 0 bridgehead atoms. The molecule has 2 aliphatic rings. The highest BCUT2D eigenvalue weighted by molar-refractivity contribution is 7.18. The molecule has 0 radical (unpaired) electrons. The fourth-order valence-electron chi connectivity index (χ4n) is 4.34. The van der Waals surface area contributed by atoms with Crippen molar-refractivity contribution in [2.75, 3.05) is 39.8 Å². The highest BCUT2D eigenvalue weighted by atomic mass is 32.1. The first-order valence-corrected chi connectivity index (χ1v) is 11.7. The van der Waals surface area contributed by atoms with E-state index in [1.807, 2.05) is 37.4 Å². The Morgan fingerprint density at radius 1 is 1.19 bits per heavy atom. The van der Waals surface area contributed by atoms with Crippen LogP contribution in [-0.4, -0.2) is 66.6 Å². The van der Waals surface area contributed by atoms with Gasteiger partial charge in [0.15, 0.2) is 17.6 Å². The van der Waals surface area contributed by atoms with Crippen molar-refractivity contribution in [3.8, 4) is 11.5 Å². The SMILES string of the molecule is CN(C[C@H]1COc2ccccc2O1)C(=O)CN1CCC[C@@H](c2nc3ccccc3s2)C1. The Bertz CT molecular complexity index is 1040. The van der Waals surface area contributed by atoms with Crippen LogP contribution in [0.4, 0.5) is 0 Å². The van der Waals surface area contributed by atoms with E-state index in [1.54, 1.807) is 16.2 Å². The molecule has 2 atom stereocenters. The van der Waals surface area contributed by atoms with E-state index in [9.17, 15) is 4.79 Å². The largest absolute Gasteiger partial charge is 0.486 e. The Morgan fingerprint density at radius 3 is 2.87 bits per heavy atom. The van der Waals surface area contributed by atoms with E-state index in [1.165, 1.54) is 9.71 Å². The predicted molar refractivity (Wildman–Crippen MR) is 122 cm³/mol. The molecule has 5 rings (SSSR count). The van der Waals surface area contributed by atoms with E-state index in [-0.39, 0.29) is 12.0 Å². The Labute approximate surface area is 186 Å². The van der Waals surface area contributed by atoms with Gasteiger partial charge in [-0.1, -0.05) is 24.3 Å². The maximum Gasteiger partial charge on any atom is 0.236 e. The average Bonchev–Trinajstić information content (AvgIpc) is 3.23. The van der Waals surface area contributed by atoms with Crippen LogP contribution in [0.2, 0.25) is 0 Å². The molecule has 3 aromatic rings. The molecule has 6 nitrogen and oxygen atoms in total. The van der Waals surface area contributed by atoms with Crippen molar-refractivity contribution in [1.29, 1.82) is 0 Å². The number of para-hydroxylation sites is 3. The number of carbonyl (C=O) groups excluding carboxylic acids is 1. The van der Waals surface area contributed by atoms with Gasteiger partial charge >= 0.3 is 0 Å². The lowest BCUT2D eigenvalue weighted by atomic mass is 9.99. The predicted octanol–water partition coefficient (Wildman–Crippen LogP) is 3.77. The zero-order valence-electron chi connectivity index (χ0n) is 17.7. The molecule has 0 N–H and O–H groups in total. The van der Waals surface area contributed by atoms with E-state index in [4.69, 9.17) is 14.5 Å². The van der Waals surface area contributed by atoms with Crippen molar-refractivity contribution in [3.63, 3.8) is 0 Å². The van der Waals surface area contributed by atoms with E-state index in [0.29, 0.717) is 25.6 Å². The molecule has 1 amide bonds. The fraction of sp³-hybridized carbons (Fsp3) is 0.417. The lowest BCUT2D eigenvalue weighted by Crippen LogP contribution is -2.46. The molecular formula is C24H27N3O3S. The number of ether oxygens (including phenoxy) is 2. The van der Waals surface area contributed by atoms with Gasteiger partial charge in [-0.05, 0) is 43.7 Å². The van der Waals surface area contributed by atoms with Crippen LogP contribution < -0.4 is 9.47 Å². The van der Waals surface area contributed by atoms with Gasteiger partial charge in [-0.25, -0.2) is 4.98 Å². The Kier molecular flexibility index (Phi) is 5.78. The summed E-state index contributed by atoms with van der Waals surface area (Å²) in [6.45, 7) is 3.25. The van der Waals surface area contributed by atoms with E-state index < -0.39 is 0 Å². The van der Waals surface area contributed by atoms with Crippen molar-refractivity contribution in [2.45, 2.75) is 24.9 Å². The molecule has 31 heavy (non-hydrogen) atoms. The summed E-state index contributed by atoms with van der Waals surface area (Å²) >= 11 is 1.79. The molecule has 3 heterocycles. The third-order valence-electron chi connectivity index (χ3n) is 5.99.